The van der Waals surface area contributed by atoms with Crippen molar-refractivity contribution in [2.45, 2.75) is 44.0 Å². The number of esters is 1. The lowest BCUT2D eigenvalue weighted by Crippen LogP contribution is -2.56. The highest BCUT2D eigenvalue weighted by molar-refractivity contribution is 5.92. The van der Waals surface area contributed by atoms with Crippen molar-refractivity contribution < 1.29 is 34.4 Å². The first-order valence-electron chi connectivity index (χ1n) is 14.1. The summed E-state index contributed by atoms with van der Waals surface area (Å²) < 4.78 is 5.54. The van der Waals surface area contributed by atoms with Gasteiger partial charge in [-0.05, 0) is 65.1 Å². The molecule has 0 aromatic heterocycles. The first kappa shape index (κ1) is 31.6. The Labute approximate surface area is 255 Å². The summed E-state index contributed by atoms with van der Waals surface area (Å²) in [6.45, 7) is 0.00140. The summed E-state index contributed by atoms with van der Waals surface area (Å²) in [4.78, 5) is 40.1. The van der Waals surface area contributed by atoms with E-state index in [0.717, 1.165) is 11.1 Å². The minimum atomic E-state index is -1.12. The van der Waals surface area contributed by atoms with Crippen molar-refractivity contribution in [3.63, 3.8) is 0 Å². The number of benzene rings is 4. The summed E-state index contributed by atoms with van der Waals surface area (Å²) in [7, 11) is 0. The molecule has 0 aliphatic carbocycles. The van der Waals surface area contributed by atoms with Crippen molar-refractivity contribution >= 4 is 17.8 Å². The van der Waals surface area contributed by atoms with Gasteiger partial charge in [-0.2, -0.15) is 0 Å². The average Bonchev–Trinajstić information content (AvgIpc) is 3.02. The van der Waals surface area contributed by atoms with E-state index in [2.05, 4.69) is 10.6 Å². The molecule has 4 aromatic carbocycles. The number of carbonyl (C=O) groups excluding carboxylic acids is 3. The Morgan fingerprint density at radius 1 is 0.568 bits per heavy atom. The number of nitrogens with two attached hydrogens (primary N) is 1. The second-order valence-electron chi connectivity index (χ2n) is 10.4. The van der Waals surface area contributed by atoms with E-state index in [4.69, 9.17) is 10.5 Å². The summed E-state index contributed by atoms with van der Waals surface area (Å²) in [5, 5.41) is 34.4. The fraction of sp³-hybridized carbons (Fsp3) is 0.206. The van der Waals surface area contributed by atoms with Crippen molar-refractivity contribution in [2.75, 3.05) is 0 Å². The maximum absolute atomic E-state index is 13.7. The topological polar surface area (TPSA) is 171 Å². The Balaban J connectivity index is 1.52. The molecule has 2 amide bonds. The van der Waals surface area contributed by atoms with Crippen LogP contribution < -0.4 is 16.4 Å². The van der Waals surface area contributed by atoms with E-state index < -0.39 is 35.9 Å². The van der Waals surface area contributed by atoms with Crippen LogP contribution in [0.4, 0.5) is 0 Å². The van der Waals surface area contributed by atoms with Crippen molar-refractivity contribution in [1.82, 2.24) is 10.6 Å². The van der Waals surface area contributed by atoms with E-state index in [-0.39, 0.29) is 43.1 Å². The molecule has 0 bridgehead atoms. The lowest BCUT2D eigenvalue weighted by Gasteiger charge is -2.24. The number of aromatic hydroxyl groups is 3. The van der Waals surface area contributed by atoms with Gasteiger partial charge < -0.3 is 36.4 Å². The van der Waals surface area contributed by atoms with Crippen molar-refractivity contribution in [3.05, 3.63) is 125 Å². The number of rotatable bonds is 13. The molecule has 4 rings (SSSR count). The second kappa shape index (κ2) is 15.2. The maximum Gasteiger partial charge on any atom is 0.329 e. The van der Waals surface area contributed by atoms with Crippen LogP contribution in [0.1, 0.15) is 22.3 Å². The molecule has 228 valence electrons. The van der Waals surface area contributed by atoms with Crippen LogP contribution in [0.2, 0.25) is 0 Å². The van der Waals surface area contributed by atoms with E-state index in [1.54, 1.807) is 36.4 Å². The summed E-state index contributed by atoms with van der Waals surface area (Å²) >= 11 is 0. The largest absolute Gasteiger partial charge is 0.508 e. The highest BCUT2D eigenvalue weighted by atomic mass is 16.5. The van der Waals surface area contributed by atoms with Gasteiger partial charge in [-0.15, -0.1) is 0 Å². The molecule has 0 fully saturated rings. The average molecular weight is 598 g/mol. The van der Waals surface area contributed by atoms with Crippen LogP contribution in [0.25, 0.3) is 0 Å². The van der Waals surface area contributed by atoms with Gasteiger partial charge >= 0.3 is 5.97 Å². The molecular formula is C34H35N3O7. The molecule has 10 nitrogen and oxygen atoms in total. The van der Waals surface area contributed by atoms with Crippen LogP contribution in [0.3, 0.4) is 0 Å². The van der Waals surface area contributed by atoms with Crippen molar-refractivity contribution in [3.8, 4) is 17.2 Å². The number of amides is 2. The van der Waals surface area contributed by atoms with E-state index in [9.17, 15) is 29.7 Å². The monoisotopic (exact) mass is 597 g/mol. The zero-order chi connectivity index (χ0) is 31.5. The highest BCUT2D eigenvalue weighted by Crippen LogP contribution is 2.15. The second-order valence-corrected chi connectivity index (χ2v) is 10.4. The third-order valence-corrected chi connectivity index (χ3v) is 6.94. The molecule has 3 atom stereocenters. The van der Waals surface area contributed by atoms with E-state index in [0.29, 0.717) is 11.1 Å². The number of hydrogen-bond donors (Lipinski definition) is 6. The van der Waals surface area contributed by atoms with E-state index >= 15 is 0 Å². The summed E-state index contributed by atoms with van der Waals surface area (Å²) in [5.74, 6) is -1.70. The van der Waals surface area contributed by atoms with Crippen LogP contribution in [-0.4, -0.2) is 51.2 Å². The standard InChI is InChI=1S/C34H35N3O7/c35-29(18-22-6-12-26(38)13-7-22)32(41)36-30(19-23-8-14-27(39)15-9-23)33(42)37-31(20-24-10-16-28(40)17-11-24)34(43)44-21-25-4-2-1-3-5-25/h1-17,29-31,38-40H,18-21,35H2,(H,36,41)(H,37,42)/t29-,30-,31-/m0/s1. The van der Waals surface area contributed by atoms with Crippen molar-refractivity contribution in [1.29, 1.82) is 0 Å². The lowest BCUT2D eigenvalue weighted by molar-refractivity contribution is -0.149. The van der Waals surface area contributed by atoms with Gasteiger partial charge in [-0.25, -0.2) is 4.79 Å². The molecule has 7 N–H and O–H groups in total. The minimum Gasteiger partial charge on any atom is -0.508 e. The van der Waals surface area contributed by atoms with Crippen LogP contribution in [-0.2, 0) is 45.0 Å². The Kier molecular flexibility index (Phi) is 10.9. The van der Waals surface area contributed by atoms with E-state index in [1.165, 1.54) is 36.4 Å². The predicted molar refractivity (Wildman–Crippen MR) is 164 cm³/mol. The summed E-state index contributed by atoms with van der Waals surface area (Å²) in [5.41, 5.74) is 8.99. The van der Waals surface area contributed by atoms with Gasteiger partial charge in [0.15, 0.2) is 0 Å². The smallest absolute Gasteiger partial charge is 0.329 e. The molecule has 0 saturated heterocycles. The number of carbonyl (C=O) groups is 3. The summed E-state index contributed by atoms with van der Waals surface area (Å²) in [6.07, 6.45) is 0.281. The lowest BCUT2D eigenvalue weighted by atomic mass is 10.0. The van der Waals surface area contributed by atoms with Crippen molar-refractivity contribution in [2.24, 2.45) is 5.73 Å². The number of hydrogen-bond acceptors (Lipinski definition) is 8. The molecule has 0 radical (unpaired) electrons. The number of phenolic OH excluding ortho intramolecular Hbond substituents is 3. The SMILES string of the molecule is N[C@@H](Cc1ccc(O)cc1)C(=O)N[C@@H](Cc1ccc(O)cc1)C(=O)N[C@@H](Cc1ccc(O)cc1)C(=O)OCc1ccccc1. The van der Waals surface area contributed by atoms with Crippen LogP contribution in [0, 0.1) is 0 Å². The highest BCUT2D eigenvalue weighted by Gasteiger charge is 2.29. The molecule has 0 saturated carbocycles. The Hall–Kier alpha value is -5.35. The van der Waals surface area contributed by atoms with Gasteiger partial charge in [-0.3, -0.25) is 9.59 Å². The van der Waals surface area contributed by atoms with Gasteiger partial charge in [0, 0.05) is 12.8 Å². The van der Waals surface area contributed by atoms with Gasteiger partial charge in [0.2, 0.25) is 11.8 Å². The Bertz CT molecular complexity index is 1530. The summed E-state index contributed by atoms with van der Waals surface area (Å²) in [6, 6.07) is 24.6. The number of nitrogens with one attached hydrogen (secondary N) is 2. The fourth-order valence-electron chi connectivity index (χ4n) is 4.50. The minimum absolute atomic E-state index is 0.00140. The van der Waals surface area contributed by atoms with Crippen LogP contribution >= 0.6 is 0 Å². The zero-order valence-corrected chi connectivity index (χ0v) is 23.9. The maximum atomic E-state index is 13.7. The molecule has 44 heavy (non-hydrogen) atoms. The third kappa shape index (κ3) is 9.60. The molecule has 0 aliphatic heterocycles. The first-order chi connectivity index (χ1) is 21.2. The zero-order valence-electron chi connectivity index (χ0n) is 23.9. The molecule has 4 aromatic rings. The van der Waals surface area contributed by atoms with Gasteiger partial charge in [-0.1, -0.05) is 66.7 Å². The van der Waals surface area contributed by atoms with Crippen LogP contribution in [0.15, 0.2) is 103 Å². The van der Waals surface area contributed by atoms with Gasteiger partial charge in [0.1, 0.15) is 35.9 Å². The number of phenols is 3. The molecular weight excluding hydrogens is 562 g/mol. The van der Waals surface area contributed by atoms with Gasteiger partial charge in [0.05, 0.1) is 6.04 Å². The number of ether oxygens (including phenoxy) is 1. The van der Waals surface area contributed by atoms with E-state index in [1.807, 2.05) is 30.3 Å². The molecule has 0 aliphatic rings. The molecule has 0 spiro atoms. The van der Waals surface area contributed by atoms with Crippen LogP contribution in [0.5, 0.6) is 17.2 Å². The Morgan fingerprint density at radius 3 is 1.50 bits per heavy atom. The molecule has 0 unspecified atom stereocenters. The fourth-order valence-corrected chi connectivity index (χ4v) is 4.50. The normalized spacial score (nSPS) is 12.8. The molecule has 0 heterocycles. The quantitative estimate of drug-likeness (QED) is 0.128. The Morgan fingerprint density at radius 2 is 1.00 bits per heavy atom. The molecule has 10 heteroatoms. The third-order valence-electron chi connectivity index (χ3n) is 6.94. The first-order valence-corrected chi connectivity index (χ1v) is 14.1. The predicted octanol–water partition coefficient (Wildman–Crippen LogP) is 2.87. The van der Waals surface area contributed by atoms with Gasteiger partial charge in [0.25, 0.3) is 0 Å².